The van der Waals surface area contributed by atoms with E-state index in [2.05, 4.69) is 0 Å². The number of hydrogen-bond acceptors (Lipinski definition) is 4. The molecule has 0 fully saturated rings. The molecule has 0 spiro atoms. The lowest BCUT2D eigenvalue weighted by Crippen LogP contribution is -2.37. The lowest BCUT2D eigenvalue weighted by atomic mass is 9.90. The smallest absolute Gasteiger partial charge is 0.332 e. The molecule has 1 aliphatic carbocycles. The molecule has 0 aliphatic heterocycles. The van der Waals surface area contributed by atoms with Crippen LogP contribution >= 0.6 is 0 Å². The van der Waals surface area contributed by atoms with Crippen LogP contribution in [0.3, 0.4) is 0 Å². The standard InChI is InChI=1S/C24H21N3O3/c1-12-9-10-13(2)16(11-12)17-18-20(14-7-5-6-8-15(14)21(18)28)25-22-19(17)23(29)27(4)24(30)26(22)3/h5-11,21,28H,1-4H3/t21-/m0/s1. The molecule has 5 rings (SSSR count). The van der Waals surface area contributed by atoms with Gasteiger partial charge in [0, 0.05) is 30.8 Å². The van der Waals surface area contributed by atoms with Crippen LogP contribution in [-0.4, -0.2) is 19.2 Å². The topological polar surface area (TPSA) is 77.1 Å². The third-order valence-corrected chi connectivity index (χ3v) is 6.07. The van der Waals surface area contributed by atoms with Crippen LogP contribution in [0.15, 0.2) is 52.1 Å². The molecule has 0 bridgehead atoms. The Morgan fingerprint density at radius 3 is 2.47 bits per heavy atom. The molecule has 6 nitrogen and oxygen atoms in total. The second-order valence-electron chi connectivity index (χ2n) is 7.96. The maximum atomic E-state index is 13.3. The van der Waals surface area contributed by atoms with Crippen LogP contribution in [0.5, 0.6) is 0 Å². The number of aliphatic hydroxyl groups is 1. The summed E-state index contributed by atoms with van der Waals surface area (Å²) < 4.78 is 2.50. The number of pyridine rings is 1. The molecular formula is C24H21N3O3. The van der Waals surface area contributed by atoms with Gasteiger partial charge in [0.25, 0.3) is 5.56 Å². The second-order valence-corrected chi connectivity index (χ2v) is 7.96. The first kappa shape index (κ1) is 18.5. The van der Waals surface area contributed by atoms with Gasteiger partial charge in [-0.15, -0.1) is 0 Å². The van der Waals surface area contributed by atoms with E-state index < -0.39 is 17.4 Å². The number of aliphatic hydroxyl groups excluding tert-OH is 1. The fraction of sp³-hybridized carbons (Fsp3) is 0.208. The van der Waals surface area contributed by atoms with E-state index >= 15 is 0 Å². The SMILES string of the molecule is Cc1ccc(C)c(-c2c3c(nc4c2c(=O)n(C)c(=O)n4C)-c2ccccc2[C@@H]3O)c1. The molecule has 0 saturated heterocycles. The minimum absolute atomic E-state index is 0.321. The van der Waals surface area contributed by atoms with Crippen molar-refractivity contribution in [1.29, 1.82) is 0 Å². The predicted molar refractivity (Wildman–Crippen MR) is 117 cm³/mol. The maximum Gasteiger partial charge on any atom is 0.332 e. The number of hydrogen-bond donors (Lipinski definition) is 1. The highest BCUT2D eigenvalue weighted by Gasteiger charge is 2.34. The van der Waals surface area contributed by atoms with E-state index in [1.165, 1.54) is 11.6 Å². The van der Waals surface area contributed by atoms with Crippen molar-refractivity contribution < 1.29 is 5.11 Å². The lowest BCUT2D eigenvalue weighted by Gasteiger charge is -2.18. The molecule has 2 aromatic carbocycles. The van der Waals surface area contributed by atoms with Gasteiger partial charge in [0.15, 0.2) is 5.65 Å². The summed E-state index contributed by atoms with van der Waals surface area (Å²) in [4.78, 5) is 30.7. The molecule has 1 atom stereocenters. The Morgan fingerprint density at radius 1 is 0.967 bits per heavy atom. The molecule has 6 heteroatoms. The number of rotatable bonds is 1. The molecule has 30 heavy (non-hydrogen) atoms. The van der Waals surface area contributed by atoms with Gasteiger partial charge >= 0.3 is 5.69 Å². The van der Waals surface area contributed by atoms with Gasteiger partial charge < -0.3 is 5.11 Å². The fourth-order valence-electron chi connectivity index (χ4n) is 4.47. The lowest BCUT2D eigenvalue weighted by molar-refractivity contribution is 0.225. The molecule has 2 heterocycles. The summed E-state index contributed by atoms with van der Waals surface area (Å²) >= 11 is 0. The molecule has 1 N–H and O–H groups in total. The molecule has 1 aliphatic rings. The number of aryl methyl sites for hydroxylation is 3. The van der Waals surface area contributed by atoms with Gasteiger partial charge in [-0.1, -0.05) is 48.0 Å². The molecule has 0 saturated carbocycles. The summed E-state index contributed by atoms with van der Waals surface area (Å²) in [5.74, 6) is 0. The van der Waals surface area contributed by atoms with Gasteiger partial charge in [-0.3, -0.25) is 13.9 Å². The normalized spacial score (nSPS) is 14.8. The van der Waals surface area contributed by atoms with Gasteiger partial charge in [-0.05, 0) is 30.5 Å². The van der Waals surface area contributed by atoms with Crippen molar-refractivity contribution in [2.24, 2.45) is 14.1 Å². The quantitative estimate of drug-likeness (QED) is 0.534. The average Bonchev–Trinajstić information content (AvgIpc) is 3.03. The zero-order valence-electron chi connectivity index (χ0n) is 17.2. The average molecular weight is 399 g/mol. The number of nitrogens with zero attached hydrogens (tertiary/aromatic N) is 3. The van der Waals surface area contributed by atoms with E-state index in [4.69, 9.17) is 4.98 Å². The van der Waals surface area contributed by atoms with Crippen LogP contribution in [0.2, 0.25) is 0 Å². The Kier molecular flexibility index (Phi) is 3.85. The van der Waals surface area contributed by atoms with Crippen LogP contribution < -0.4 is 11.2 Å². The van der Waals surface area contributed by atoms with E-state index in [1.54, 1.807) is 7.05 Å². The number of fused-ring (bicyclic) bond motifs is 4. The predicted octanol–water partition coefficient (Wildman–Crippen LogP) is 2.98. The summed E-state index contributed by atoms with van der Waals surface area (Å²) in [6, 6.07) is 13.6. The van der Waals surface area contributed by atoms with Crippen molar-refractivity contribution in [3.8, 4) is 22.4 Å². The van der Waals surface area contributed by atoms with Crippen molar-refractivity contribution in [2.45, 2.75) is 20.0 Å². The zero-order valence-corrected chi connectivity index (χ0v) is 17.2. The van der Waals surface area contributed by atoms with Crippen LogP contribution in [0, 0.1) is 13.8 Å². The van der Waals surface area contributed by atoms with Crippen molar-refractivity contribution in [2.75, 3.05) is 0 Å². The Labute approximate surface area is 172 Å². The minimum atomic E-state index is -0.898. The maximum absolute atomic E-state index is 13.3. The Morgan fingerprint density at radius 2 is 1.70 bits per heavy atom. The largest absolute Gasteiger partial charge is 0.384 e. The van der Waals surface area contributed by atoms with Crippen LogP contribution in [0.4, 0.5) is 0 Å². The summed E-state index contributed by atoms with van der Waals surface area (Å²) in [5.41, 5.74) is 5.82. The summed E-state index contributed by atoms with van der Waals surface area (Å²) in [6.45, 7) is 3.97. The van der Waals surface area contributed by atoms with Crippen molar-refractivity contribution in [3.05, 3.63) is 85.6 Å². The molecular weight excluding hydrogens is 378 g/mol. The fourth-order valence-corrected chi connectivity index (χ4v) is 4.47. The summed E-state index contributed by atoms with van der Waals surface area (Å²) in [5, 5.41) is 11.6. The van der Waals surface area contributed by atoms with Crippen molar-refractivity contribution in [1.82, 2.24) is 14.1 Å². The summed E-state index contributed by atoms with van der Waals surface area (Å²) in [6.07, 6.45) is -0.898. The first-order valence-corrected chi connectivity index (χ1v) is 9.80. The minimum Gasteiger partial charge on any atom is -0.384 e. The number of aromatic nitrogens is 3. The van der Waals surface area contributed by atoms with E-state index in [0.29, 0.717) is 27.9 Å². The Hall–Kier alpha value is -3.51. The Balaban J connectivity index is 2.09. The van der Waals surface area contributed by atoms with Crippen LogP contribution in [0.25, 0.3) is 33.4 Å². The number of benzene rings is 2. The van der Waals surface area contributed by atoms with Gasteiger partial charge in [0.2, 0.25) is 0 Å². The highest BCUT2D eigenvalue weighted by molar-refractivity contribution is 6.00. The Bertz CT molecular complexity index is 1490. The molecule has 150 valence electrons. The molecule has 2 aromatic heterocycles. The monoisotopic (exact) mass is 399 g/mol. The van der Waals surface area contributed by atoms with Gasteiger partial charge in [-0.2, -0.15) is 0 Å². The van der Waals surface area contributed by atoms with E-state index in [9.17, 15) is 14.7 Å². The molecule has 0 unspecified atom stereocenters. The highest BCUT2D eigenvalue weighted by Crippen LogP contribution is 2.48. The van der Waals surface area contributed by atoms with Gasteiger partial charge in [0.1, 0.15) is 6.10 Å². The molecule has 0 amide bonds. The van der Waals surface area contributed by atoms with Crippen molar-refractivity contribution in [3.63, 3.8) is 0 Å². The van der Waals surface area contributed by atoms with Crippen LogP contribution in [0.1, 0.15) is 28.4 Å². The first-order valence-electron chi connectivity index (χ1n) is 9.80. The molecule has 0 radical (unpaired) electrons. The first-order chi connectivity index (χ1) is 14.3. The van der Waals surface area contributed by atoms with Crippen molar-refractivity contribution >= 4 is 11.0 Å². The van der Waals surface area contributed by atoms with Gasteiger partial charge in [0.05, 0.1) is 11.1 Å². The summed E-state index contributed by atoms with van der Waals surface area (Å²) in [7, 11) is 3.09. The van der Waals surface area contributed by atoms with E-state index in [-0.39, 0.29) is 0 Å². The van der Waals surface area contributed by atoms with E-state index in [0.717, 1.165) is 32.4 Å². The third kappa shape index (κ3) is 2.31. The highest BCUT2D eigenvalue weighted by atomic mass is 16.3. The van der Waals surface area contributed by atoms with Gasteiger partial charge in [-0.25, -0.2) is 9.78 Å². The van der Waals surface area contributed by atoms with E-state index in [1.807, 2.05) is 56.3 Å². The molecule has 4 aromatic rings. The second kappa shape index (κ2) is 6.24. The third-order valence-electron chi connectivity index (χ3n) is 6.07. The zero-order chi connectivity index (χ0) is 21.3. The van der Waals surface area contributed by atoms with Crippen LogP contribution in [-0.2, 0) is 14.1 Å².